The average molecular weight is 1160 g/mol. The van der Waals surface area contributed by atoms with Crippen LogP contribution in [0.25, 0.3) is 67.5 Å². The molecule has 27 heteroatoms. The fourth-order valence-electron chi connectivity index (χ4n) is 13.6. The third kappa shape index (κ3) is 8.97. The molecule has 2 bridgehead atoms. The molecule has 6 fully saturated rings. The number of hydrogen-bond donors (Lipinski definition) is 3. The van der Waals surface area contributed by atoms with Crippen LogP contribution in [0.2, 0.25) is 0 Å². The number of nitrogens with zero attached hydrogens (tertiary/aromatic N) is 20. The highest BCUT2D eigenvalue weighted by Crippen LogP contribution is 2.48. The van der Waals surface area contributed by atoms with Crippen molar-refractivity contribution in [2.24, 2.45) is 17.8 Å². The fraction of sp³-hybridized carbons (Fsp3) is 0.508. The standard InChI is InChI=1S/C20H24N8O2.C20H23N7O.C19H20N8O/c1-20(2)18-24-14-16(27-7-12-9-29-10-13(12)8-27)25-15(11-5-22-19(21)23-6-11)26-17(14)28(18)3-4-30-20;1-20(2)19-25-17-15(26(19)3-4-28-20)7-13(14-8-23-16(21)9-22-14)24-18(17)27-10-11-5-12(27)6-11;1-18(2)16-24-12-13(19(10-20)4-3-5-19)25-14(11-8-22-17(21)23-9-11)26-15(12)27(16)6-7-28-18/h5-6,12-13H,3-4,7-10H2,1-2H3,(H2,21,22,23);7-9,11-12H,3-6,10H2,1-2H3,(H2,21,23);8-9H,3-7H2,1-2H3,(H2,21,22,23). The van der Waals surface area contributed by atoms with Crippen molar-refractivity contribution >= 4 is 62.7 Å². The molecule has 0 amide bonds. The average Bonchev–Trinajstić information content (AvgIpc) is 1.59. The molecule has 86 heavy (non-hydrogen) atoms. The molecule has 4 saturated heterocycles. The summed E-state index contributed by atoms with van der Waals surface area (Å²) < 4.78 is 30.1. The van der Waals surface area contributed by atoms with Gasteiger partial charge >= 0.3 is 0 Å². The van der Waals surface area contributed by atoms with E-state index in [1.807, 2.05) is 27.7 Å². The Labute approximate surface area is 494 Å². The van der Waals surface area contributed by atoms with E-state index in [9.17, 15) is 5.26 Å². The number of nitrogens with two attached hydrogens (primary N) is 3. The van der Waals surface area contributed by atoms with Gasteiger partial charge in [0.25, 0.3) is 0 Å². The highest BCUT2D eigenvalue weighted by molar-refractivity contribution is 5.91. The lowest BCUT2D eigenvalue weighted by Gasteiger charge is -2.34. The predicted molar refractivity (Wildman–Crippen MR) is 316 cm³/mol. The lowest BCUT2D eigenvalue weighted by atomic mass is 9.67. The van der Waals surface area contributed by atoms with Crippen LogP contribution in [0, 0.1) is 29.1 Å². The van der Waals surface area contributed by atoms with Crippen LogP contribution in [-0.4, -0.2) is 142 Å². The largest absolute Gasteiger partial charge is 0.382 e. The Morgan fingerprint density at radius 2 is 1.10 bits per heavy atom. The molecule has 7 aliphatic heterocycles. The fourth-order valence-corrected chi connectivity index (χ4v) is 13.6. The van der Waals surface area contributed by atoms with Crippen LogP contribution >= 0.6 is 0 Å². The van der Waals surface area contributed by atoms with Crippen LogP contribution in [0.5, 0.6) is 0 Å². The van der Waals surface area contributed by atoms with Crippen molar-refractivity contribution in [3.63, 3.8) is 0 Å². The Kier molecular flexibility index (Phi) is 12.5. The molecule has 2 unspecified atom stereocenters. The van der Waals surface area contributed by atoms with Gasteiger partial charge in [-0.05, 0) is 85.6 Å². The number of imidazole rings is 3. The Morgan fingerprint density at radius 1 is 0.558 bits per heavy atom. The molecule has 9 aromatic heterocycles. The van der Waals surface area contributed by atoms with E-state index in [-0.39, 0.29) is 11.9 Å². The van der Waals surface area contributed by atoms with Gasteiger partial charge < -0.3 is 59.6 Å². The van der Waals surface area contributed by atoms with Crippen LogP contribution in [0.1, 0.15) is 96.8 Å². The number of rotatable bonds is 6. The highest BCUT2D eigenvalue weighted by atomic mass is 16.5. The van der Waals surface area contributed by atoms with Crippen LogP contribution in [0.3, 0.4) is 0 Å². The van der Waals surface area contributed by atoms with E-state index in [0.717, 1.165) is 138 Å². The van der Waals surface area contributed by atoms with Crippen LogP contribution < -0.4 is 27.0 Å². The molecule has 2 atom stereocenters. The van der Waals surface area contributed by atoms with Crippen molar-refractivity contribution < 1.29 is 18.9 Å². The molecular weight excluding hydrogens is 1090 g/mol. The summed E-state index contributed by atoms with van der Waals surface area (Å²) in [5.41, 5.74) is 23.7. The van der Waals surface area contributed by atoms with Gasteiger partial charge in [0, 0.05) is 81.9 Å². The molecule has 2 aliphatic carbocycles. The number of nitriles is 1. The van der Waals surface area contributed by atoms with Gasteiger partial charge in [-0.2, -0.15) is 5.26 Å². The summed E-state index contributed by atoms with van der Waals surface area (Å²) in [5, 5.41) is 9.94. The Balaban J connectivity index is 0.000000109. The number of anilines is 5. The quantitative estimate of drug-likeness (QED) is 0.182. The lowest BCUT2D eigenvalue weighted by Crippen LogP contribution is -2.34. The molecule has 9 aromatic rings. The van der Waals surface area contributed by atoms with Gasteiger partial charge in [-0.25, -0.2) is 69.8 Å². The summed E-state index contributed by atoms with van der Waals surface area (Å²) in [5.74, 6) is 8.24. The number of ether oxygens (including phenoxy) is 4. The van der Waals surface area contributed by atoms with Crippen LogP contribution in [-0.2, 0) is 60.8 Å². The van der Waals surface area contributed by atoms with Crippen molar-refractivity contribution in [1.29, 1.82) is 5.26 Å². The van der Waals surface area contributed by atoms with Crippen molar-refractivity contribution in [2.45, 2.75) is 122 Å². The minimum Gasteiger partial charge on any atom is -0.382 e. The molecule has 16 heterocycles. The third-order valence-electron chi connectivity index (χ3n) is 18.4. The van der Waals surface area contributed by atoms with Crippen molar-refractivity contribution in [2.75, 3.05) is 79.7 Å². The summed E-state index contributed by atoms with van der Waals surface area (Å²) in [6.45, 7) is 20.8. The van der Waals surface area contributed by atoms with Crippen molar-refractivity contribution in [3.8, 4) is 40.2 Å². The number of fused-ring (bicyclic) bond motifs is 11. The second kappa shape index (κ2) is 19.9. The second-order valence-electron chi connectivity index (χ2n) is 25.3. The van der Waals surface area contributed by atoms with Crippen LogP contribution in [0.4, 0.5) is 29.4 Å². The first-order valence-corrected chi connectivity index (χ1v) is 29.6. The summed E-state index contributed by atoms with van der Waals surface area (Å²) in [4.78, 5) is 69.1. The van der Waals surface area contributed by atoms with E-state index in [1.165, 1.54) is 12.8 Å². The maximum atomic E-state index is 9.94. The molecule has 442 valence electrons. The van der Waals surface area contributed by atoms with E-state index in [4.69, 9.17) is 76.0 Å². The number of pyridine rings is 1. The second-order valence-corrected chi connectivity index (χ2v) is 25.3. The zero-order valence-electron chi connectivity index (χ0n) is 49.0. The van der Waals surface area contributed by atoms with Crippen LogP contribution in [0.15, 0.2) is 43.2 Å². The lowest BCUT2D eigenvalue weighted by molar-refractivity contribution is -0.0532. The van der Waals surface area contributed by atoms with E-state index >= 15 is 0 Å². The molecule has 0 aromatic carbocycles. The first-order chi connectivity index (χ1) is 41.4. The Hall–Kier alpha value is -8.71. The van der Waals surface area contributed by atoms with Crippen molar-refractivity contribution in [3.05, 3.63) is 66.4 Å². The van der Waals surface area contributed by atoms with Gasteiger partial charge in [-0.15, -0.1) is 0 Å². The van der Waals surface area contributed by atoms with E-state index in [2.05, 4.69) is 79.4 Å². The molecule has 2 saturated carbocycles. The van der Waals surface area contributed by atoms with E-state index in [0.29, 0.717) is 85.0 Å². The van der Waals surface area contributed by atoms with Gasteiger partial charge in [0.1, 0.15) is 62.2 Å². The molecule has 27 nitrogen and oxygen atoms in total. The maximum absolute atomic E-state index is 9.94. The first-order valence-electron chi connectivity index (χ1n) is 29.6. The predicted octanol–water partition coefficient (Wildman–Crippen LogP) is 5.62. The number of hydrogen-bond acceptors (Lipinski definition) is 24. The molecule has 0 spiro atoms. The minimum absolute atomic E-state index is 0.193. The summed E-state index contributed by atoms with van der Waals surface area (Å²) in [7, 11) is 0. The van der Waals surface area contributed by atoms with Gasteiger partial charge in [0.05, 0.1) is 79.5 Å². The summed E-state index contributed by atoms with van der Waals surface area (Å²) in [6, 6.07) is 5.15. The van der Waals surface area contributed by atoms with Gasteiger partial charge in [-0.3, -0.25) is 0 Å². The topological polar surface area (TPSA) is 340 Å². The normalized spacial score (nSPS) is 23.2. The zero-order chi connectivity index (χ0) is 59.0. The molecular formula is C59H67N23O4. The molecule has 6 N–H and O–H groups in total. The van der Waals surface area contributed by atoms with Crippen molar-refractivity contribution in [1.82, 2.24) is 83.5 Å². The molecule has 9 aliphatic rings. The monoisotopic (exact) mass is 1160 g/mol. The van der Waals surface area contributed by atoms with Gasteiger partial charge in [0.2, 0.25) is 11.9 Å². The number of nitrogen functional groups attached to an aromatic ring is 3. The first kappa shape index (κ1) is 54.0. The minimum atomic E-state index is -0.625. The van der Waals surface area contributed by atoms with E-state index in [1.54, 1.807) is 37.2 Å². The van der Waals surface area contributed by atoms with E-state index < -0.39 is 22.2 Å². The Morgan fingerprint density at radius 3 is 1.64 bits per heavy atom. The highest BCUT2D eigenvalue weighted by Gasteiger charge is 2.47. The van der Waals surface area contributed by atoms with Gasteiger partial charge in [0.15, 0.2) is 40.1 Å². The number of aromatic nitrogens is 17. The maximum Gasteiger partial charge on any atom is 0.219 e. The molecule has 18 rings (SSSR count). The summed E-state index contributed by atoms with van der Waals surface area (Å²) in [6.07, 6.45) is 14.9. The smallest absolute Gasteiger partial charge is 0.219 e. The van der Waals surface area contributed by atoms with Gasteiger partial charge in [-0.1, -0.05) is 0 Å². The third-order valence-corrected chi connectivity index (χ3v) is 18.4. The summed E-state index contributed by atoms with van der Waals surface area (Å²) >= 11 is 0. The SMILES string of the molecule is CC1(C)OCCn2c1nc1c(C3(C#N)CCC3)nc(-c3cnc(N)nc3)nc12.CC1(C)OCCn2c1nc1c(N3CC4CC3C4)nc(-c3cnc(N)cn3)cc12.CC1(C)OCCn2c1nc1c(N3CC4COCC4C3)nc(-c3cnc(N)nc3)nc12. The molecule has 0 radical (unpaired) electrons. The zero-order valence-corrected chi connectivity index (χ0v) is 49.0. The Bertz CT molecular complexity index is 4170.